The van der Waals surface area contributed by atoms with E-state index < -0.39 is 25.9 Å². The van der Waals surface area contributed by atoms with Gasteiger partial charge in [-0.15, -0.1) is 11.6 Å². The van der Waals surface area contributed by atoms with Gasteiger partial charge in [-0.3, -0.25) is 0 Å². The van der Waals surface area contributed by atoms with Crippen molar-refractivity contribution in [2.75, 3.05) is 18.1 Å². The normalized spacial score (nSPS) is 23.9. The number of sulfone groups is 1. The van der Waals surface area contributed by atoms with Gasteiger partial charge in [0, 0.05) is 18.7 Å². The highest BCUT2D eigenvalue weighted by Gasteiger charge is 2.38. The lowest BCUT2D eigenvalue weighted by Gasteiger charge is -2.31. The molecule has 1 atom stereocenters. The quantitative estimate of drug-likeness (QED) is 0.769. The van der Waals surface area contributed by atoms with Crippen molar-refractivity contribution < 1.29 is 21.3 Å². The number of nitrogens with zero attached hydrogens (tertiary/aromatic N) is 1. The molecule has 0 N–H and O–H groups in total. The van der Waals surface area contributed by atoms with Gasteiger partial charge in [0.25, 0.3) is 0 Å². The highest BCUT2D eigenvalue weighted by molar-refractivity contribution is 7.92. The average molecular weight is 342 g/mol. The van der Waals surface area contributed by atoms with Crippen LogP contribution in [0.4, 0.5) is 0 Å². The van der Waals surface area contributed by atoms with Crippen LogP contribution in [-0.2, 0) is 25.7 Å². The molecule has 1 fully saturated rings. The summed E-state index contributed by atoms with van der Waals surface area (Å²) in [5.74, 6) is 0.406. The lowest BCUT2D eigenvalue weighted by molar-refractivity contribution is 0.356. The maximum atomic E-state index is 12.6. The Balaban J connectivity index is 2.38. The second kappa shape index (κ2) is 5.32. The van der Waals surface area contributed by atoms with Gasteiger partial charge in [-0.25, -0.2) is 16.8 Å². The summed E-state index contributed by atoms with van der Waals surface area (Å²) in [4.78, 5) is 0.0549. The molecule has 9 heteroatoms. The van der Waals surface area contributed by atoms with Crippen molar-refractivity contribution in [3.05, 3.63) is 17.6 Å². The molecule has 0 radical (unpaired) electrons. The Morgan fingerprint density at radius 1 is 1.50 bits per heavy atom. The Hall–Kier alpha value is -0.570. The fourth-order valence-corrected chi connectivity index (χ4v) is 6.03. The van der Waals surface area contributed by atoms with E-state index in [2.05, 4.69) is 0 Å². The van der Waals surface area contributed by atoms with Crippen LogP contribution >= 0.6 is 11.6 Å². The van der Waals surface area contributed by atoms with Gasteiger partial charge in [0.05, 0.1) is 17.4 Å². The molecule has 0 aromatic carbocycles. The number of hydrogen-bond donors (Lipinski definition) is 0. The van der Waals surface area contributed by atoms with Crippen LogP contribution in [0.25, 0.3) is 0 Å². The largest absolute Gasteiger partial charge is 0.464 e. The first-order chi connectivity index (χ1) is 9.17. The highest BCUT2D eigenvalue weighted by Crippen LogP contribution is 2.27. The topological polar surface area (TPSA) is 84.7 Å². The van der Waals surface area contributed by atoms with Gasteiger partial charge in [0.2, 0.25) is 10.0 Å². The molecule has 1 aliphatic heterocycles. The molecule has 6 nitrogen and oxygen atoms in total. The van der Waals surface area contributed by atoms with Gasteiger partial charge in [-0.2, -0.15) is 4.31 Å². The number of sulfonamides is 1. The Morgan fingerprint density at radius 2 is 2.15 bits per heavy atom. The fourth-order valence-electron chi connectivity index (χ4n) is 2.31. The predicted octanol–water partition coefficient (Wildman–Crippen LogP) is 1.13. The molecule has 0 spiro atoms. The molecule has 2 rings (SSSR count). The molecule has 2 heterocycles. The van der Waals surface area contributed by atoms with E-state index in [0.29, 0.717) is 5.76 Å². The molecule has 1 aromatic heterocycles. The second-order valence-corrected chi connectivity index (χ2v) is 9.20. The molecule has 114 valence electrons. The monoisotopic (exact) mass is 341 g/mol. The zero-order valence-corrected chi connectivity index (χ0v) is 13.6. The highest BCUT2D eigenvalue weighted by atomic mass is 35.5. The fraction of sp³-hybridized carbons (Fsp3) is 0.636. The molecule has 0 amide bonds. The smallest absolute Gasteiger partial charge is 0.246 e. The van der Waals surface area contributed by atoms with E-state index in [1.54, 1.807) is 13.8 Å². The summed E-state index contributed by atoms with van der Waals surface area (Å²) in [5.41, 5.74) is 0. The third-order valence-electron chi connectivity index (χ3n) is 3.25. The summed E-state index contributed by atoms with van der Waals surface area (Å²) < 4.78 is 54.7. The van der Waals surface area contributed by atoms with Gasteiger partial charge >= 0.3 is 0 Å². The van der Waals surface area contributed by atoms with E-state index in [1.807, 2.05) is 0 Å². The Kier molecular flexibility index (Phi) is 4.21. The molecule has 1 aromatic rings. The summed E-state index contributed by atoms with van der Waals surface area (Å²) >= 11 is 5.63. The Labute approximate surface area is 123 Å². The van der Waals surface area contributed by atoms with Crippen molar-refractivity contribution in [3.8, 4) is 0 Å². The van der Waals surface area contributed by atoms with Gasteiger partial charge in [-0.05, 0) is 13.8 Å². The number of aryl methyl sites for hydroxylation is 1. The van der Waals surface area contributed by atoms with Crippen molar-refractivity contribution in [1.29, 1.82) is 0 Å². The van der Waals surface area contributed by atoms with Gasteiger partial charge in [0.1, 0.15) is 16.4 Å². The molecular formula is C11H16ClNO5S2. The molecular weight excluding hydrogens is 326 g/mol. The molecule has 0 aliphatic carbocycles. The summed E-state index contributed by atoms with van der Waals surface area (Å²) in [6, 6.07) is 0.806. The molecule has 1 saturated heterocycles. The minimum Gasteiger partial charge on any atom is -0.464 e. The SMILES string of the molecule is Cc1oc(CCl)cc1S(=O)(=O)N1CCS(=O)(=O)CC1C. The minimum absolute atomic E-state index is 0.0351. The molecule has 1 unspecified atom stereocenters. The van der Waals surface area contributed by atoms with Crippen LogP contribution in [0.1, 0.15) is 18.4 Å². The summed E-state index contributed by atoms with van der Waals surface area (Å²) in [7, 11) is -6.93. The molecule has 0 bridgehead atoms. The molecule has 20 heavy (non-hydrogen) atoms. The van der Waals surface area contributed by atoms with E-state index in [4.69, 9.17) is 16.0 Å². The zero-order valence-electron chi connectivity index (χ0n) is 11.2. The van der Waals surface area contributed by atoms with Crippen molar-refractivity contribution >= 4 is 31.5 Å². The van der Waals surface area contributed by atoms with Crippen LogP contribution in [0.2, 0.25) is 0 Å². The zero-order chi connectivity index (χ0) is 15.1. The number of hydrogen-bond acceptors (Lipinski definition) is 5. The third-order valence-corrected chi connectivity index (χ3v) is 7.43. The van der Waals surface area contributed by atoms with Crippen molar-refractivity contribution in [1.82, 2.24) is 4.31 Å². The second-order valence-electron chi connectivity index (χ2n) is 4.85. The van der Waals surface area contributed by atoms with Crippen molar-refractivity contribution in [2.24, 2.45) is 0 Å². The standard InChI is InChI=1S/C11H16ClNO5S2/c1-8-7-19(14,15)4-3-13(8)20(16,17)11-5-10(6-12)18-9(11)2/h5,8H,3-4,6-7H2,1-2H3. The number of rotatable bonds is 3. The average Bonchev–Trinajstić information content (AvgIpc) is 2.69. The molecule has 0 saturated carbocycles. The van der Waals surface area contributed by atoms with E-state index in [1.165, 1.54) is 10.4 Å². The maximum absolute atomic E-state index is 12.6. The minimum atomic E-state index is -3.76. The van der Waals surface area contributed by atoms with Crippen LogP contribution in [0.3, 0.4) is 0 Å². The summed E-state index contributed by atoms with van der Waals surface area (Å²) in [5, 5.41) is 0. The van der Waals surface area contributed by atoms with Crippen LogP contribution in [0.5, 0.6) is 0 Å². The Bertz CT molecular complexity index is 707. The third kappa shape index (κ3) is 2.88. The predicted molar refractivity (Wildman–Crippen MR) is 75.0 cm³/mol. The number of furan rings is 1. The Morgan fingerprint density at radius 3 is 2.65 bits per heavy atom. The number of alkyl halides is 1. The van der Waals surface area contributed by atoms with E-state index >= 15 is 0 Å². The number of halogens is 1. The van der Waals surface area contributed by atoms with E-state index in [0.717, 1.165) is 0 Å². The van der Waals surface area contributed by atoms with E-state index in [-0.39, 0.29) is 34.6 Å². The van der Waals surface area contributed by atoms with Crippen LogP contribution in [0.15, 0.2) is 15.4 Å². The van der Waals surface area contributed by atoms with Crippen LogP contribution in [-0.4, -0.2) is 45.2 Å². The lowest BCUT2D eigenvalue weighted by atomic mass is 10.4. The summed E-state index contributed by atoms with van der Waals surface area (Å²) in [6.07, 6.45) is 0. The first-order valence-electron chi connectivity index (χ1n) is 6.05. The first kappa shape index (κ1) is 15.8. The van der Waals surface area contributed by atoms with Gasteiger partial charge in [0.15, 0.2) is 9.84 Å². The van der Waals surface area contributed by atoms with E-state index in [9.17, 15) is 16.8 Å². The van der Waals surface area contributed by atoms with Gasteiger partial charge in [-0.1, -0.05) is 0 Å². The van der Waals surface area contributed by atoms with Crippen LogP contribution in [0, 0.1) is 6.92 Å². The lowest BCUT2D eigenvalue weighted by Crippen LogP contribution is -2.49. The maximum Gasteiger partial charge on any atom is 0.246 e. The van der Waals surface area contributed by atoms with Gasteiger partial charge < -0.3 is 4.42 Å². The molecule has 1 aliphatic rings. The summed E-state index contributed by atoms with van der Waals surface area (Å²) in [6.45, 7) is 3.10. The van der Waals surface area contributed by atoms with Crippen molar-refractivity contribution in [3.63, 3.8) is 0 Å². The van der Waals surface area contributed by atoms with Crippen molar-refractivity contribution in [2.45, 2.75) is 30.7 Å². The first-order valence-corrected chi connectivity index (χ1v) is 9.84. The van der Waals surface area contributed by atoms with Crippen LogP contribution < -0.4 is 0 Å².